The maximum absolute atomic E-state index is 11.8. The smallest absolute Gasteiger partial charge is 0.315 e. The van der Waals surface area contributed by atoms with Crippen LogP contribution >= 0.6 is 0 Å². The van der Waals surface area contributed by atoms with Crippen LogP contribution in [0.5, 0.6) is 0 Å². The van der Waals surface area contributed by atoms with Crippen LogP contribution in [0.4, 0.5) is 4.79 Å². The fraction of sp³-hybridized carbons (Fsp3) is 0.692. The van der Waals surface area contributed by atoms with Gasteiger partial charge in [-0.05, 0) is 26.2 Å². The number of nitrogens with zero attached hydrogens (tertiary/aromatic N) is 3. The number of aliphatic carboxylic acids is 1. The van der Waals surface area contributed by atoms with Crippen LogP contribution < -0.4 is 10.6 Å². The number of aryl methyl sites for hydroxylation is 1. The number of carboxylic acids is 1. The van der Waals surface area contributed by atoms with Crippen LogP contribution in [0.2, 0.25) is 0 Å². The molecule has 1 aliphatic rings. The van der Waals surface area contributed by atoms with Gasteiger partial charge in [0.25, 0.3) is 0 Å². The molecule has 2 amide bonds. The Bertz CT molecular complexity index is 490. The van der Waals surface area contributed by atoms with Gasteiger partial charge >= 0.3 is 12.0 Å². The van der Waals surface area contributed by atoms with Crippen molar-refractivity contribution in [1.29, 1.82) is 0 Å². The topological polar surface area (TPSA) is 109 Å². The van der Waals surface area contributed by atoms with Crippen molar-refractivity contribution in [2.24, 2.45) is 5.41 Å². The number of rotatable bonds is 6. The molecule has 2 rings (SSSR count). The summed E-state index contributed by atoms with van der Waals surface area (Å²) in [7, 11) is 0. The SMILES string of the molecule is CC1(C(=O)O)CCCC1NC(=O)NCCCn1ccnn1. The van der Waals surface area contributed by atoms with Gasteiger partial charge in [0.15, 0.2) is 0 Å². The number of nitrogens with one attached hydrogen (secondary N) is 2. The highest BCUT2D eigenvalue weighted by Gasteiger charge is 2.45. The van der Waals surface area contributed by atoms with Gasteiger partial charge in [0, 0.05) is 25.3 Å². The summed E-state index contributed by atoms with van der Waals surface area (Å²) in [5.74, 6) is -0.850. The normalized spacial score (nSPS) is 24.7. The Labute approximate surface area is 122 Å². The first-order valence-electron chi connectivity index (χ1n) is 7.14. The molecule has 0 radical (unpaired) electrons. The van der Waals surface area contributed by atoms with Crippen molar-refractivity contribution in [3.8, 4) is 0 Å². The highest BCUT2D eigenvalue weighted by molar-refractivity contribution is 5.79. The lowest BCUT2D eigenvalue weighted by Crippen LogP contribution is -2.50. The number of hydrogen-bond donors (Lipinski definition) is 3. The quantitative estimate of drug-likeness (QED) is 0.666. The largest absolute Gasteiger partial charge is 0.481 e. The molecule has 1 fully saturated rings. The van der Waals surface area contributed by atoms with Gasteiger partial charge in [0.2, 0.25) is 0 Å². The number of carbonyl (C=O) groups is 2. The standard InChI is InChI=1S/C13H21N5O3/c1-13(11(19)20)5-2-4-10(13)16-12(21)14-6-3-8-18-9-7-15-17-18/h7,9-10H,2-6,8H2,1H3,(H,19,20)(H2,14,16,21). The molecule has 2 unspecified atom stereocenters. The molecular formula is C13H21N5O3. The highest BCUT2D eigenvalue weighted by atomic mass is 16.4. The van der Waals surface area contributed by atoms with E-state index in [-0.39, 0.29) is 12.1 Å². The molecule has 1 aromatic heterocycles. The number of carbonyl (C=O) groups excluding carboxylic acids is 1. The van der Waals surface area contributed by atoms with Gasteiger partial charge in [-0.15, -0.1) is 5.10 Å². The summed E-state index contributed by atoms with van der Waals surface area (Å²) in [6.07, 6.45) is 6.22. The second-order valence-corrected chi connectivity index (χ2v) is 5.59. The van der Waals surface area contributed by atoms with Crippen molar-refractivity contribution in [1.82, 2.24) is 25.6 Å². The molecule has 1 aromatic rings. The van der Waals surface area contributed by atoms with Gasteiger partial charge in [-0.1, -0.05) is 11.6 Å². The van der Waals surface area contributed by atoms with E-state index in [0.29, 0.717) is 25.9 Å². The highest BCUT2D eigenvalue weighted by Crippen LogP contribution is 2.38. The lowest BCUT2D eigenvalue weighted by atomic mass is 9.85. The molecule has 0 aliphatic heterocycles. The number of hydrogen-bond acceptors (Lipinski definition) is 4. The molecule has 1 heterocycles. The molecule has 0 bridgehead atoms. The van der Waals surface area contributed by atoms with Crippen LogP contribution in [-0.2, 0) is 11.3 Å². The molecule has 21 heavy (non-hydrogen) atoms. The molecule has 116 valence electrons. The molecule has 1 aliphatic carbocycles. The number of carboxylic acid groups (broad SMARTS) is 1. The third-order valence-electron chi connectivity index (χ3n) is 4.07. The van der Waals surface area contributed by atoms with Gasteiger partial charge < -0.3 is 15.7 Å². The molecule has 8 heteroatoms. The molecule has 2 atom stereocenters. The molecule has 1 saturated carbocycles. The lowest BCUT2D eigenvalue weighted by molar-refractivity contribution is -0.148. The van der Waals surface area contributed by atoms with E-state index in [1.807, 2.05) is 0 Å². The monoisotopic (exact) mass is 295 g/mol. The maximum Gasteiger partial charge on any atom is 0.315 e. The molecular weight excluding hydrogens is 274 g/mol. The molecule has 8 nitrogen and oxygen atoms in total. The first-order valence-corrected chi connectivity index (χ1v) is 7.14. The third kappa shape index (κ3) is 3.71. The Hall–Kier alpha value is -2.12. The summed E-state index contributed by atoms with van der Waals surface area (Å²) in [5.41, 5.74) is -0.863. The van der Waals surface area contributed by atoms with Crippen LogP contribution in [0.25, 0.3) is 0 Å². The van der Waals surface area contributed by atoms with E-state index in [4.69, 9.17) is 0 Å². The summed E-state index contributed by atoms with van der Waals surface area (Å²) >= 11 is 0. The van der Waals surface area contributed by atoms with Crippen LogP contribution in [0.1, 0.15) is 32.6 Å². The number of aromatic nitrogens is 3. The minimum Gasteiger partial charge on any atom is -0.481 e. The van der Waals surface area contributed by atoms with Crippen LogP contribution in [0, 0.1) is 5.41 Å². The van der Waals surface area contributed by atoms with Gasteiger partial charge in [0.1, 0.15) is 0 Å². The third-order valence-corrected chi connectivity index (χ3v) is 4.07. The summed E-state index contributed by atoms with van der Waals surface area (Å²) in [6.45, 7) is 2.87. The van der Waals surface area contributed by atoms with Gasteiger partial charge in [-0.2, -0.15) is 0 Å². The van der Waals surface area contributed by atoms with Crippen molar-refractivity contribution in [3.05, 3.63) is 12.4 Å². The zero-order chi connectivity index (χ0) is 15.3. The molecule has 0 saturated heterocycles. The van der Waals surface area contributed by atoms with Gasteiger partial charge in [-0.25, -0.2) is 4.79 Å². The second kappa shape index (κ2) is 6.55. The maximum atomic E-state index is 11.8. The van der Waals surface area contributed by atoms with E-state index in [1.165, 1.54) is 0 Å². The summed E-state index contributed by atoms with van der Waals surface area (Å²) in [6, 6.07) is -0.627. The fourth-order valence-electron chi connectivity index (χ4n) is 2.66. The minimum absolute atomic E-state index is 0.312. The second-order valence-electron chi connectivity index (χ2n) is 5.59. The van der Waals surface area contributed by atoms with Crippen molar-refractivity contribution >= 4 is 12.0 Å². The van der Waals surface area contributed by atoms with Crippen LogP contribution in [0.3, 0.4) is 0 Å². The number of amides is 2. The average molecular weight is 295 g/mol. The summed E-state index contributed by atoms with van der Waals surface area (Å²) in [4.78, 5) is 23.1. The summed E-state index contributed by atoms with van der Waals surface area (Å²) < 4.78 is 1.69. The Morgan fingerprint density at radius 3 is 3.00 bits per heavy atom. The van der Waals surface area contributed by atoms with Crippen molar-refractivity contribution < 1.29 is 14.7 Å². The van der Waals surface area contributed by atoms with Crippen LogP contribution in [-0.4, -0.2) is 44.7 Å². The Kier molecular flexibility index (Phi) is 4.77. The number of urea groups is 1. The molecule has 3 N–H and O–H groups in total. The van der Waals surface area contributed by atoms with E-state index >= 15 is 0 Å². The Balaban J connectivity index is 1.70. The fourth-order valence-corrected chi connectivity index (χ4v) is 2.66. The van der Waals surface area contributed by atoms with Crippen molar-refractivity contribution in [2.75, 3.05) is 6.54 Å². The van der Waals surface area contributed by atoms with Gasteiger partial charge in [-0.3, -0.25) is 9.48 Å². The van der Waals surface area contributed by atoms with E-state index in [1.54, 1.807) is 24.0 Å². The van der Waals surface area contributed by atoms with E-state index in [0.717, 1.165) is 12.8 Å². The molecule has 0 aromatic carbocycles. The van der Waals surface area contributed by atoms with Crippen molar-refractivity contribution in [2.45, 2.75) is 45.2 Å². The lowest BCUT2D eigenvalue weighted by Gasteiger charge is -2.27. The predicted octanol–water partition coefficient (Wildman–Crippen LogP) is 0.611. The average Bonchev–Trinajstić information content (AvgIpc) is 3.06. The van der Waals surface area contributed by atoms with E-state index < -0.39 is 11.4 Å². The molecule has 0 spiro atoms. The van der Waals surface area contributed by atoms with Crippen LogP contribution in [0.15, 0.2) is 12.4 Å². The van der Waals surface area contributed by atoms with E-state index in [9.17, 15) is 14.7 Å². The minimum atomic E-state index is -0.863. The van der Waals surface area contributed by atoms with Gasteiger partial charge in [0.05, 0.1) is 11.6 Å². The van der Waals surface area contributed by atoms with Crippen molar-refractivity contribution in [3.63, 3.8) is 0 Å². The zero-order valence-electron chi connectivity index (χ0n) is 12.1. The first-order chi connectivity index (χ1) is 10.0. The zero-order valence-corrected chi connectivity index (χ0v) is 12.1. The van der Waals surface area contributed by atoms with E-state index in [2.05, 4.69) is 20.9 Å². The Morgan fingerprint density at radius 2 is 2.33 bits per heavy atom. The Morgan fingerprint density at radius 1 is 1.52 bits per heavy atom. The first kappa shape index (κ1) is 15.3. The summed E-state index contributed by atoms with van der Waals surface area (Å²) in [5, 5.41) is 22.3. The predicted molar refractivity (Wildman–Crippen MR) is 74.6 cm³/mol.